The number of urea groups is 1. The molecule has 94 valence electrons. The van der Waals surface area contributed by atoms with Gasteiger partial charge in [-0.1, -0.05) is 6.92 Å². The van der Waals surface area contributed by atoms with E-state index in [1.54, 1.807) is 6.92 Å². The van der Waals surface area contributed by atoms with E-state index in [0.717, 1.165) is 11.5 Å². The Hall–Kier alpha value is -1.70. The fourth-order valence-corrected chi connectivity index (χ4v) is 1.77. The Morgan fingerprint density at radius 1 is 1.53 bits per heavy atom. The number of anilines is 1. The molecule has 0 spiro atoms. The van der Waals surface area contributed by atoms with Crippen molar-refractivity contribution in [2.75, 3.05) is 18.4 Å². The highest BCUT2D eigenvalue weighted by Crippen LogP contribution is 2.11. The number of nitrogens with zero attached hydrogens (tertiary/aromatic N) is 3. The van der Waals surface area contributed by atoms with Crippen molar-refractivity contribution in [3.63, 3.8) is 0 Å². The second-order valence-electron chi connectivity index (χ2n) is 3.39. The minimum atomic E-state index is -1.04. The van der Waals surface area contributed by atoms with Crippen LogP contribution in [0.3, 0.4) is 0 Å². The van der Waals surface area contributed by atoms with Crippen molar-refractivity contribution >= 4 is 28.7 Å². The molecule has 0 atom stereocenters. The number of carbonyl (C=O) groups is 2. The van der Waals surface area contributed by atoms with Crippen molar-refractivity contribution in [3.8, 4) is 0 Å². The van der Waals surface area contributed by atoms with Gasteiger partial charge in [0, 0.05) is 18.1 Å². The molecule has 0 unspecified atom stereocenters. The van der Waals surface area contributed by atoms with Gasteiger partial charge in [0.15, 0.2) is 0 Å². The van der Waals surface area contributed by atoms with E-state index in [4.69, 9.17) is 5.11 Å². The first-order valence-corrected chi connectivity index (χ1v) is 5.88. The van der Waals surface area contributed by atoms with Crippen LogP contribution in [0.5, 0.6) is 0 Å². The van der Waals surface area contributed by atoms with Crippen LogP contribution in [0.15, 0.2) is 0 Å². The molecule has 1 aromatic rings. The molecule has 1 aromatic heterocycles. The summed E-state index contributed by atoms with van der Waals surface area (Å²) in [6.07, 6.45) is 0.690. The van der Waals surface area contributed by atoms with E-state index < -0.39 is 12.0 Å². The van der Waals surface area contributed by atoms with Gasteiger partial charge in [-0.2, -0.15) is 4.37 Å². The second kappa shape index (κ2) is 6.14. The molecule has 0 aliphatic rings. The van der Waals surface area contributed by atoms with Gasteiger partial charge in [-0.3, -0.25) is 10.1 Å². The zero-order valence-corrected chi connectivity index (χ0v) is 10.5. The summed E-state index contributed by atoms with van der Waals surface area (Å²) in [6.45, 7) is 3.65. The van der Waals surface area contributed by atoms with Crippen LogP contribution >= 0.6 is 11.5 Å². The highest BCUT2D eigenvalue weighted by atomic mass is 32.1. The number of carbonyl (C=O) groups excluding carboxylic acids is 1. The predicted octanol–water partition coefficient (Wildman–Crippen LogP) is 1.18. The molecule has 0 bridgehead atoms. The topological polar surface area (TPSA) is 95.4 Å². The third kappa shape index (κ3) is 4.35. The summed E-state index contributed by atoms with van der Waals surface area (Å²) >= 11 is 1.07. The molecular weight excluding hydrogens is 244 g/mol. The minimum absolute atomic E-state index is 0.322. The zero-order valence-electron chi connectivity index (χ0n) is 9.63. The van der Waals surface area contributed by atoms with Crippen molar-refractivity contribution in [1.29, 1.82) is 0 Å². The van der Waals surface area contributed by atoms with Crippen LogP contribution in [0.2, 0.25) is 0 Å². The number of aryl methyl sites for hydroxylation is 1. The summed E-state index contributed by atoms with van der Waals surface area (Å²) < 4.78 is 3.92. The number of carboxylic acid groups (broad SMARTS) is 1. The summed E-state index contributed by atoms with van der Waals surface area (Å²) in [5, 5.41) is 11.6. The summed E-state index contributed by atoms with van der Waals surface area (Å²) in [5.41, 5.74) is 0. The van der Waals surface area contributed by atoms with Gasteiger partial charge in [-0.15, -0.1) is 0 Å². The van der Waals surface area contributed by atoms with E-state index in [1.807, 2.05) is 6.92 Å². The van der Waals surface area contributed by atoms with E-state index in [9.17, 15) is 9.59 Å². The maximum atomic E-state index is 11.7. The van der Waals surface area contributed by atoms with Crippen LogP contribution in [0, 0.1) is 6.92 Å². The van der Waals surface area contributed by atoms with Crippen LogP contribution in [-0.2, 0) is 4.79 Å². The van der Waals surface area contributed by atoms with Crippen LogP contribution in [0.25, 0.3) is 0 Å². The number of carboxylic acids is 1. The summed E-state index contributed by atoms with van der Waals surface area (Å²) in [6, 6.07) is -0.467. The molecule has 0 saturated heterocycles. The number of nitrogens with one attached hydrogen (secondary N) is 1. The van der Waals surface area contributed by atoms with Gasteiger partial charge < -0.3 is 10.0 Å². The lowest BCUT2D eigenvalue weighted by Gasteiger charge is -2.19. The number of hydrogen-bond donors (Lipinski definition) is 2. The molecule has 2 N–H and O–H groups in total. The zero-order chi connectivity index (χ0) is 12.8. The van der Waals surface area contributed by atoms with E-state index in [2.05, 4.69) is 14.7 Å². The Balaban J connectivity index is 2.61. The molecular formula is C9H14N4O3S. The Kier molecular flexibility index (Phi) is 4.83. The lowest BCUT2D eigenvalue weighted by molar-refractivity contribution is -0.137. The standard InChI is InChI=1S/C9H14N4O3S/c1-3-4-13(5-7(14)15)9(16)11-8-10-6(2)12-17-8/h3-5H2,1-2H3,(H,14,15)(H,10,11,12,16). The van der Waals surface area contributed by atoms with Gasteiger partial charge in [0.25, 0.3) is 0 Å². The van der Waals surface area contributed by atoms with Gasteiger partial charge in [-0.25, -0.2) is 9.78 Å². The Morgan fingerprint density at radius 3 is 2.71 bits per heavy atom. The SMILES string of the molecule is CCCN(CC(=O)O)C(=O)Nc1nc(C)ns1. The summed E-state index contributed by atoms with van der Waals surface area (Å²) in [7, 11) is 0. The second-order valence-corrected chi connectivity index (χ2v) is 4.14. The molecule has 0 aromatic carbocycles. The van der Waals surface area contributed by atoms with Crippen molar-refractivity contribution in [1.82, 2.24) is 14.3 Å². The van der Waals surface area contributed by atoms with Gasteiger partial charge >= 0.3 is 12.0 Å². The van der Waals surface area contributed by atoms with Gasteiger partial charge in [-0.05, 0) is 13.3 Å². The van der Waals surface area contributed by atoms with Crippen molar-refractivity contribution in [2.45, 2.75) is 20.3 Å². The Labute approximate surface area is 103 Å². The number of aromatic nitrogens is 2. The average Bonchev–Trinajstić information content (AvgIpc) is 2.62. The molecule has 1 rings (SSSR count). The fraction of sp³-hybridized carbons (Fsp3) is 0.556. The van der Waals surface area contributed by atoms with Crippen molar-refractivity contribution in [2.24, 2.45) is 0 Å². The lowest BCUT2D eigenvalue weighted by atomic mass is 10.4. The monoisotopic (exact) mass is 258 g/mol. The molecule has 0 aliphatic carbocycles. The number of aliphatic carboxylic acids is 1. The first-order chi connectivity index (χ1) is 8.02. The molecule has 8 heteroatoms. The van der Waals surface area contributed by atoms with Gasteiger partial charge in [0.05, 0.1) is 0 Å². The van der Waals surface area contributed by atoms with E-state index in [1.165, 1.54) is 4.90 Å². The normalized spacial score (nSPS) is 10.0. The maximum absolute atomic E-state index is 11.7. The van der Waals surface area contributed by atoms with Crippen LogP contribution in [0.1, 0.15) is 19.2 Å². The fourth-order valence-electron chi connectivity index (χ4n) is 1.20. The van der Waals surface area contributed by atoms with E-state index >= 15 is 0 Å². The minimum Gasteiger partial charge on any atom is -0.480 e. The summed E-state index contributed by atoms with van der Waals surface area (Å²) in [4.78, 5) is 27.5. The number of amides is 2. The van der Waals surface area contributed by atoms with Gasteiger partial charge in [0.2, 0.25) is 5.13 Å². The first-order valence-electron chi connectivity index (χ1n) is 5.11. The Morgan fingerprint density at radius 2 is 2.24 bits per heavy atom. The molecule has 7 nitrogen and oxygen atoms in total. The molecule has 0 aliphatic heterocycles. The van der Waals surface area contributed by atoms with E-state index in [-0.39, 0.29) is 6.54 Å². The molecule has 0 saturated carbocycles. The summed E-state index contributed by atoms with van der Waals surface area (Å²) in [5.74, 6) is -0.465. The van der Waals surface area contributed by atoms with Crippen molar-refractivity contribution in [3.05, 3.63) is 5.82 Å². The van der Waals surface area contributed by atoms with Crippen LogP contribution < -0.4 is 5.32 Å². The van der Waals surface area contributed by atoms with Crippen molar-refractivity contribution < 1.29 is 14.7 Å². The molecule has 0 radical (unpaired) electrons. The third-order valence-corrected chi connectivity index (χ3v) is 2.57. The molecule has 1 heterocycles. The number of hydrogen-bond acceptors (Lipinski definition) is 5. The number of rotatable bonds is 5. The third-order valence-electron chi connectivity index (χ3n) is 1.85. The molecule has 2 amide bonds. The highest BCUT2D eigenvalue weighted by molar-refractivity contribution is 7.09. The lowest BCUT2D eigenvalue weighted by Crippen LogP contribution is -2.39. The Bertz CT molecular complexity index is 407. The quantitative estimate of drug-likeness (QED) is 0.826. The highest BCUT2D eigenvalue weighted by Gasteiger charge is 2.17. The van der Waals surface area contributed by atoms with Gasteiger partial charge in [0.1, 0.15) is 12.4 Å². The van der Waals surface area contributed by atoms with E-state index in [0.29, 0.717) is 23.9 Å². The first kappa shape index (κ1) is 13.4. The average molecular weight is 258 g/mol. The maximum Gasteiger partial charge on any atom is 0.324 e. The molecule has 0 fully saturated rings. The molecule has 17 heavy (non-hydrogen) atoms. The smallest absolute Gasteiger partial charge is 0.324 e. The van der Waals surface area contributed by atoms with Crippen LogP contribution in [0.4, 0.5) is 9.93 Å². The predicted molar refractivity (Wildman–Crippen MR) is 63.2 cm³/mol. The largest absolute Gasteiger partial charge is 0.480 e. The van der Waals surface area contributed by atoms with Crippen LogP contribution in [-0.4, -0.2) is 44.5 Å².